The first-order chi connectivity index (χ1) is 9.20. The van der Waals surface area contributed by atoms with Gasteiger partial charge in [0, 0.05) is 23.9 Å². The maximum absolute atomic E-state index is 12.7. The van der Waals surface area contributed by atoms with E-state index < -0.39 is 0 Å². The van der Waals surface area contributed by atoms with Crippen molar-refractivity contribution < 1.29 is 4.79 Å². The second kappa shape index (κ2) is 4.61. The summed E-state index contributed by atoms with van der Waals surface area (Å²) in [6.07, 6.45) is 3.57. The van der Waals surface area contributed by atoms with E-state index in [-0.39, 0.29) is 17.6 Å². The van der Waals surface area contributed by atoms with Crippen molar-refractivity contribution in [3.63, 3.8) is 0 Å². The van der Waals surface area contributed by atoms with Gasteiger partial charge in [-0.1, -0.05) is 44.2 Å². The topological polar surface area (TPSA) is 30.0 Å². The molecule has 2 nitrogen and oxygen atoms in total. The molecule has 0 radical (unpaired) electrons. The van der Waals surface area contributed by atoms with Gasteiger partial charge in [-0.25, -0.2) is 0 Å². The van der Waals surface area contributed by atoms with Crippen molar-refractivity contribution in [1.82, 2.24) is 4.98 Å². The van der Waals surface area contributed by atoms with Gasteiger partial charge in [0.2, 0.25) is 0 Å². The number of hydrogen-bond donors (Lipinski definition) is 0. The lowest BCUT2D eigenvalue weighted by molar-refractivity contribution is 0.0958. The molecule has 1 aromatic heterocycles. The van der Waals surface area contributed by atoms with Crippen molar-refractivity contribution in [2.75, 3.05) is 0 Å². The summed E-state index contributed by atoms with van der Waals surface area (Å²) >= 11 is 0. The van der Waals surface area contributed by atoms with E-state index in [2.05, 4.69) is 24.9 Å². The molecule has 3 rings (SSSR count). The summed E-state index contributed by atoms with van der Waals surface area (Å²) in [4.78, 5) is 16.9. The lowest BCUT2D eigenvalue weighted by Crippen LogP contribution is -2.16. The van der Waals surface area contributed by atoms with Crippen molar-refractivity contribution in [2.24, 2.45) is 5.92 Å². The van der Waals surface area contributed by atoms with E-state index in [1.807, 2.05) is 36.5 Å². The van der Waals surface area contributed by atoms with Crippen molar-refractivity contribution in [1.29, 1.82) is 0 Å². The minimum absolute atomic E-state index is 0.0777. The summed E-state index contributed by atoms with van der Waals surface area (Å²) in [5.41, 5.74) is 3.11. The van der Waals surface area contributed by atoms with Gasteiger partial charge >= 0.3 is 0 Å². The van der Waals surface area contributed by atoms with Crippen LogP contribution in [-0.2, 0) is 0 Å². The fourth-order valence-electron chi connectivity index (χ4n) is 3.18. The molecule has 1 aliphatic rings. The Bertz CT molecular complexity index is 604. The zero-order valence-corrected chi connectivity index (χ0v) is 11.2. The number of hydrogen-bond acceptors (Lipinski definition) is 2. The lowest BCUT2D eigenvalue weighted by atomic mass is 9.80. The van der Waals surface area contributed by atoms with Gasteiger partial charge in [-0.3, -0.25) is 9.78 Å². The number of aromatic nitrogens is 1. The third-order valence-corrected chi connectivity index (χ3v) is 3.99. The minimum Gasteiger partial charge on any atom is -0.293 e. The molecule has 1 aromatic carbocycles. The number of pyridine rings is 1. The zero-order chi connectivity index (χ0) is 13.4. The zero-order valence-electron chi connectivity index (χ0n) is 11.2. The maximum atomic E-state index is 12.7. The molecule has 2 heteroatoms. The SMILES string of the molecule is CC(C)C1c2ccccc2C(=O)C1c1cccnc1. The Labute approximate surface area is 113 Å². The summed E-state index contributed by atoms with van der Waals surface area (Å²) in [6, 6.07) is 11.9. The molecule has 0 bridgehead atoms. The van der Waals surface area contributed by atoms with Crippen LogP contribution in [0, 0.1) is 5.92 Å². The number of ketones is 1. The first kappa shape index (κ1) is 12.1. The van der Waals surface area contributed by atoms with Crippen LogP contribution < -0.4 is 0 Å². The number of benzene rings is 1. The van der Waals surface area contributed by atoms with Crippen molar-refractivity contribution in [2.45, 2.75) is 25.7 Å². The van der Waals surface area contributed by atoms with E-state index in [0.717, 1.165) is 11.1 Å². The Kier molecular flexibility index (Phi) is 2.94. The number of carbonyl (C=O) groups excluding carboxylic acids is 1. The predicted molar refractivity (Wildman–Crippen MR) is 75.3 cm³/mol. The van der Waals surface area contributed by atoms with Crippen LogP contribution in [0.15, 0.2) is 48.8 Å². The smallest absolute Gasteiger partial charge is 0.171 e. The highest BCUT2D eigenvalue weighted by Gasteiger charge is 2.41. The molecule has 0 amide bonds. The van der Waals surface area contributed by atoms with E-state index in [1.165, 1.54) is 5.56 Å². The Hall–Kier alpha value is -1.96. The lowest BCUT2D eigenvalue weighted by Gasteiger charge is -2.23. The number of Topliss-reactive ketones (excluding diaryl/α,β-unsaturated/α-hetero) is 1. The fraction of sp³-hybridized carbons (Fsp3) is 0.294. The van der Waals surface area contributed by atoms with Crippen LogP contribution in [-0.4, -0.2) is 10.8 Å². The average Bonchev–Trinajstić information content (AvgIpc) is 2.74. The second-order valence-corrected chi connectivity index (χ2v) is 5.49. The highest BCUT2D eigenvalue weighted by atomic mass is 16.1. The van der Waals surface area contributed by atoms with Crippen molar-refractivity contribution >= 4 is 5.78 Å². The molecule has 0 fully saturated rings. The summed E-state index contributed by atoms with van der Waals surface area (Å²) < 4.78 is 0. The third kappa shape index (κ3) is 1.88. The van der Waals surface area contributed by atoms with Gasteiger partial charge in [-0.2, -0.15) is 0 Å². The van der Waals surface area contributed by atoms with Gasteiger partial charge in [0.15, 0.2) is 5.78 Å². The number of carbonyl (C=O) groups is 1. The standard InChI is InChI=1S/C17H17NO/c1-11(2)15-13-7-3-4-8-14(13)17(19)16(15)12-6-5-9-18-10-12/h3-11,15-16H,1-2H3. The van der Waals surface area contributed by atoms with Gasteiger partial charge < -0.3 is 0 Å². The second-order valence-electron chi connectivity index (χ2n) is 5.49. The molecule has 0 N–H and O–H groups in total. The number of fused-ring (bicyclic) bond motifs is 1. The molecule has 1 aliphatic carbocycles. The molecule has 96 valence electrons. The molecule has 2 aromatic rings. The normalized spacial score (nSPS) is 21.7. The number of rotatable bonds is 2. The van der Waals surface area contributed by atoms with E-state index in [9.17, 15) is 4.79 Å². The van der Waals surface area contributed by atoms with Crippen LogP contribution in [0.5, 0.6) is 0 Å². The van der Waals surface area contributed by atoms with Crippen LogP contribution in [0.1, 0.15) is 47.2 Å². The van der Waals surface area contributed by atoms with Crippen molar-refractivity contribution in [3.8, 4) is 0 Å². The van der Waals surface area contributed by atoms with E-state index >= 15 is 0 Å². The monoisotopic (exact) mass is 251 g/mol. The Morgan fingerprint density at radius 1 is 1.11 bits per heavy atom. The molecule has 1 heterocycles. The highest BCUT2D eigenvalue weighted by Crippen LogP contribution is 2.47. The summed E-state index contributed by atoms with van der Waals surface area (Å²) in [5, 5.41) is 0. The molecule has 19 heavy (non-hydrogen) atoms. The summed E-state index contributed by atoms with van der Waals surface area (Å²) in [5.74, 6) is 0.846. The van der Waals surface area contributed by atoms with Crippen LogP contribution >= 0.6 is 0 Å². The molecule has 2 unspecified atom stereocenters. The maximum Gasteiger partial charge on any atom is 0.171 e. The first-order valence-corrected chi connectivity index (χ1v) is 6.73. The van der Waals surface area contributed by atoms with Crippen LogP contribution in [0.2, 0.25) is 0 Å². The van der Waals surface area contributed by atoms with E-state index in [4.69, 9.17) is 0 Å². The Morgan fingerprint density at radius 2 is 1.89 bits per heavy atom. The van der Waals surface area contributed by atoms with Crippen LogP contribution in [0.25, 0.3) is 0 Å². The average molecular weight is 251 g/mol. The quantitative estimate of drug-likeness (QED) is 0.812. The molecular formula is C17H17NO. The van der Waals surface area contributed by atoms with Crippen LogP contribution in [0.3, 0.4) is 0 Å². The Morgan fingerprint density at radius 3 is 2.58 bits per heavy atom. The Balaban J connectivity index is 2.14. The molecule has 2 atom stereocenters. The number of nitrogens with zero attached hydrogens (tertiary/aromatic N) is 1. The van der Waals surface area contributed by atoms with Gasteiger partial charge in [0.1, 0.15) is 0 Å². The fourth-order valence-corrected chi connectivity index (χ4v) is 3.18. The summed E-state index contributed by atoms with van der Waals surface area (Å²) in [7, 11) is 0. The molecule has 0 saturated heterocycles. The van der Waals surface area contributed by atoms with E-state index in [0.29, 0.717) is 5.92 Å². The molecular weight excluding hydrogens is 234 g/mol. The van der Waals surface area contributed by atoms with E-state index in [1.54, 1.807) is 6.20 Å². The highest BCUT2D eigenvalue weighted by molar-refractivity contribution is 6.06. The van der Waals surface area contributed by atoms with Crippen molar-refractivity contribution in [3.05, 3.63) is 65.5 Å². The first-order valence-electron chi connectivity index (χ1n) is 6.73. The van der Waals surface area contributed by atoms with Gasteiger partial charge in [-0.05, 0) is 23.1 Å². The van der Waals surface area contributed by atoms with Crippen LogP contribution in [0.4, 0.5) is 0 Å². The summed E-state index contributed by atoms with van der Waals surface area (Å²) in [6.45, 7) is 4.37. The third-order valence-electron chi connectivity index (χ3n) is 3.99. The van der Waals surface area contributed by atoms with Gasteiger partial charge in [-0.15, -0.1) is 0 Å². The van der Waals surface area contributed by atoms with Gasteiger partial charge in [0.25, 0.3) is 0 Å². The minimum atomic E-state index is -0.0777. The van der Waals surface area contributed by atoms with Gasteiger partial charge in [0.05, 0.1) is 5.92 Å². The molecule has 0 spiro atoms. The molecule has 0 saturated carbocycles. The largest absolute Gasteiger partial charge is 0.293 e. The molecule has 0 aliphatic heterocycles. The predicted octanol–water partition coefficient (Wildman–Crippen LogP) is 3.80.